The summed E-state index contributed by atoms with van der Waals surface area (Å²) in [5.41, 5.74) is 0.935. The van der Waals surface area contributed by atoms with Gasteiger partial charge < -0.3 is 0 Å². The zero-order valence-electron chi connectivity index (χ0n) is 11.3. The van der Waals surface area contributed by atoms with Crippen LogP contribution in [0, 0.1) is 19.7 Å². The van der Waals surface area contributed by atoms with Gasteiger partial charge in [0.2, 0.25) is 10.0 Å². The standard InChI is InChI=1S/C13H18FNO2S2/c1-9-6-11(14)7-10(2)13(9)19(16,17)15(3)12-4-5-18-8-12/h6-7,12H,4-5,8H2,1-3H3. The first kappa shape index (κ1) is 14.8. The number of halogens is 1. The average molecular weight is 303 g/mol. The molecule has 1 saturated heterocycles. The SMILES string of the molecule is Cc1cc(F)cc(C)c1S(=O)(=O)N(C)C1CCSC1. The molecule has 0 saturated carbocycles. The topological polar surface area (TPSA) is 37.4 Å². The largest absolute Gasteiger partial charge is 0.243 e. The number of aryl methyl sites for hydroxylation is 2. The van der Waals surface area contributed by atoms with E-state index in [4.69, 9.17) is 0 Å². The van der Waals surface area contributed by atoms with E-state index in [0.29, 0.717) is 11.1 Å². The highest BCUT2D eigenvalue weighted by molar-refractivity contribution is 7.99. The Labute approximate surface area is 118 Å². The number of hydrogen-bond acceptors (Lipinski definition) is 3. The van der Waals surface area contributed by atoms with E-state index in [2.05, 4.69) is 0 Å². The lowest BCUT2D eigenvalue weighted by atomic mass is 10.1. The van der Waals surface area contributed by atoms with E-state index in [0.717, 1.165) is 17.9 Å². The van der Waals surface area contributed by atoms with Gasteiger partial charge in [-0.2, -0.15) is 16.1 Å². The van der Waals surface area contributed by atoms with Gasteiger partial charge in [0.05, 0.1) is 4.90 Å². The minimum atomic E-state index is -3.55. The van der Waals surface area contributed by atoms with Crippen molar-refractivity contribution >= 4 is 21.8 Å². The van der Waals surface area contributed by atoms with Crippen LogP contribution in [0.15, 0.2) is 17.0 Å². The third-order valence-electron chi connectivity index (χ3n) is 3.48. The molecule has 3 nitrogen and oxygen atoms in total. The second-order valence-corrected chi connectivity index (χ2v) is 7.99. The highest BCUT2D eigenvalue weighted by atomic mass is 32.2. The average Bonchev–Trinajstić information content (AvgIpc) is 2.78. The van der Waals surface area contributed by atoms with Crippen molar-refractivity contribution in [3.8, 4) is 0 Å². The number of rotatable bonds is 3. The molecular weight excluding hydrogens is 285 g/mol. The van der Waals surface area contributed by atoms with Crippen LogP contribution in [0.1, 0.15) is 17.5 Å². The Hall–Kier alpha value is -0.590. The second kappa shape index (κ2) is 5.42. The molecule has 19 heavy (non-hydrogen) atoms. The zero-order valence-corrected chi connectivity index (χ0v) is 12.9. The predicted molar refractivity (Wildman–Crippen MR) is 76.6 cm³/mol. The third-order valence-corrected chi connectivity index (χ3v) is 6.84. The van der Waals surface area contributed by atoms with E-state index in [9.17, 15) is 12.8 Å². The first-order chi connectivity index (χ1) is 8.84. The Morgan fingerprint density at radius 3 is 2.37 bits per heavy atom. The number of hydrogen-bond donors (Lipinski definition) is 0. The van der Waals surface area contributed by atoms with Crippen LogP contribution < -0.4 is 0 Å². The Bertz CT molecular complexity index is 557. The first-order valence-corrected chi connectivity index (χ1v) is 8.76. The van der Waals surface area contributed by atoms with Gasteiger partial charge in [-0.15, -0.1) is 0 Å². The molecule has 0 aliphatic carbocycles. The maximum atomic E-state index is 13.3. The molecule has 0 aromatic heterocycles. The van der Waals surface area contributed by atoms with Crippen molar-refractivity contribution < 1.29 is 12.8 Å². The molecule has 1 aromatic rings. The molecule has 1 aliphatic heterocycles. The van der Waals surface area contributed by atoms with Crippen LogP contribution in [0.4, 0.5) is 4.39 Å². The molecule has 1 heterocycles. The summed E-state index contributed by atoms with van der Waals surface area (Å²) in [6.45, 7) is 3.28. The maximum absolute atomic E-state index is 13.3. The summed E-state index contributed by atoms with van der Waals surface area (Å²) in [4.78, 5) is 0.244. The van der Waals surface area contributed by atoms with Crippen molar-refractivity contribution in [2.75, 3.05) is 18.6 Å². The smallest absolute Gasteiger partial charge is 0.207 e. The number of benzene rings is 1. The predicted octanol–water partition coefficient (Wildman–Crippen LogP) is 2.57. The van der Waals surface area contributed by atoms with Gasteiger partial charge in [0.15, 0.2) is 0 Å². The van der Waals surface area contributed by atoms with E-state index in [1.54, 1.807) is 32.7 Å². The minimum Gasteiger partial charge on any atom is -0.207 e. The van der Waals surface area contributed by atoms with Crippen LogP contribution in [0.3, 0.4) is 0 Å². The lowest BCUT2D eigenvalue weighted by Crippen LogP contribution is -2.37. The molecule has 1 aromatic carbocycles. The van der Waals surface area contributed by atoms with Crippen LogP contribution in [-0.2, 0) is 10.0 Å². The molecule has 1 atom stereocenters. The van der Waals surface area contributed by atoms with Crippen LogP contribution in [0.25, 0.3) is 0 Å². The van der Waals surface area contributed by atoms with Crippen molar-refractivity contribution in [3.63, 3.8) is 0 Å². The molecular formula is C13H18FNO2S2. The van der Waals surface area contributed by atoms with Crippen molar-refractivity contribution in [2.45, 2.75) is 31.2 Å². The van der Waals surface area contributed by atoms with E-state index >= 15 is 0 Å². The van der Waals surface area contributed by atoms with Crippen molar-refractivity contribution in [2.24, 2.45) is 0 Å². The fourth-order valence-electron chi connectivity index (χ4n) is 2.45. The normalized spacial score (nSPS) is 20.2. The van der Waals surface area contributed by atoms with Gasteiger partial charge in [0.25, 0.3) is 0 Å². The molecule has 0 amide bonds. The van der Waals surface area contributed by atoms with Gasteiger partial charge in [0, 0.05) is 18.8 Å². The Balaban J connectivity index is 2.44. The third kappa shape index (κ3) is 2.80. The molecule has 106 valence electrons. The summed E-state index contributed by atoms with van der Waals surface area (Å²) >= 11 is 1.77. The summed E-state index contributed by atoms with van der Waals surface area (Å²) < 4.78 is 40.1. The molecule has 1 unspecified atom stereocenters. The molecule has 0 N–H and O–H groups in total. The van der Waals surface area contributed by atoms with Crippen molar-refractivity contribution in [1.29, 1.82) is 0 Å². The Kier molecular flexibility index (Phi) is 4.23. The summed E-state index contributed by atoms with van der Waals surface area (Å²) in [7, 11) is -1.93. The summed E-state index contributed by atoms with van der Waals surface area (Å²) in [6, 6.07) is 2.59. The summed E-state index contributed by atoms with van der Waals surface area (Å²) in [5.74, 6) is 1.43. The summed E-state index contributed by atoms with van der Waals surface area (Å²) in [6.07, 6.45) is 0.875. The Morgan fingerprint density at radius 2 is 1.89 bits per heavy atom. The number of thioether (sulfide) groups is 1. The number of nitrogens with zero attached hydrogens (tertiary/aromatic N) is 1. The van der Waals surface area contributed by atoms with Crippen molar-refractivity contribution in [3.05, 3.63) is 29.1 Å². The fraction of sp³-hybridized carbons (Fsp3) is 0.538. The molecule has 2 rings (SSSR count). The first-order valence-electron chi connectivity index (χ1n) is 6.16. The fourth-order valence-corrected chi connectivity index (χ4v) is 5.61. The molecule has 1 aliphatic rings. The Morgan fingerprint density at radius 1 is 1.32 bits per heavy atom. The maximum Gasteiger partial charge on any atom is 0.243 e. The van der Waals surface area contributed by atoms with Crippen LogP contribution >= 0.6 is 11.8 Å². The van der Waals surface area contributed by atoms with Gasteiger partial charge >= 0.3 is 0 Å². The summed E-state index contributed by atoms with van der Waals surface area (Å²) in [5, 5.41) is 0. The van der Waals surface area contributed by atoms with E-state index in [-0.39, 0.29) is 10.9 Å². The monoisotopic (exact) mass is 303 g/mol. The quantitative estimate of drug-likeness (QED) is 0.861. The lowest BCUT2D eigenvalue weighted by Gasteiger charge is -2.25. The molecule has 0 bridgehead atoms. The second-order valence-electron chi connectivity index (χ2n) is 4.91. The van der Waals surface area contributed by atoms with Gasteiger partial charge in [-0.05, 0) is 49.3 Å². The van der Waals surface area contributed by atoms with Gasteiger partial charge in [-0.1, -0.05) is 0 Å². The zero-order chi connectivity index (χ0) is 14.2. The molecule has 0 radical (unpaired) electrons. The van der Waals surface area contributed by atoms with Gasteiger partial charge in [-0.25, -0.2) is 12.8 Å². The molecule has 0 spiro atoms. The lowest BCUT2D eigenvalue weighted by molar-refractivity contribution is 0.394. The number of sulfonamides is 1. The van der Waals surface area contributed by atoms with Crippen LogP contribution in [0.2, 0.25) is 0 Å². The molecule has 6 heteroatoms. The van der Waals surface area contributed by atoms with Crippen molar-refractivity contribution in [1.82, 2.24) is 4.31 Å². The van der Waals surface area contributed by atoms with Gasteiger partial charge in [0.1, 0.15) is 5.82 Å². The van der Waals surface area contributed by atoms with E-state index < -0.39 is 15.8 Å². The van der Waals surface area contributed by atoms with Gasteiger partial charge in [-0.3, -0.25) is 0 Å². The highest BCUT2D eigenvalue weighted by Crippen LogP contribution is 2.29. The van der Waals surface area contributed by atoms with E-state index in [1.165, 1.54) is 16.4 Å². The van der Waals surface area contributed by atoms with Crippen LogP contribution in [-0.4, -0.2) is 37.3 Å². The van der Waals surface area contributed by atoms with Crippen LogP contribution in [0.5, 0.6) is 0 Å². The van der Waals surface area contributed by atoms with E-state index in [1.807, 2.05) is 0 Å². The highest BCUT2D eigenvalue weighted by Gasteiger charge is 2.32. The minimum absolute atomic E-state index is 0.0406. The molecule has 1 fully saturated rings.